The molecular formula is C4H4ClNO. The average molecular weight is 118 g/mol. The second-order valence-corrected chi connectivity index (χ2v) is 1.54. The van der Waals surface area contributed by atoms with E-state index in [4.69, 9.17) is 16.9 Å². The zero-order chi connectivity index (χ0) is 5.86. The van der Waals surface area contributed by atoms with Crippen LogP contribution in [0.3, 0.4) is 0 Å². The van der Waals surface area contributed by atoms with Gasteiger partial charge in [0.1, 0.15) is 0 Å². The predicted molar refractivity (Wildman–Crippen MR) is 25.9 cm³/mol. The number of nitriles is 1. The molecule has 0 N–H and O–H groups in total. The molecule has 0 saturated carbocycles. The zero-order valence-electron chi connectivity index (χ0n) is 3.81. The van der Waals surface area contributed by atoms with Crippen molar-refractivity contribution in [2.75, 3.05) is 0 Å². The lowest BCUT2D eigenvalue weighted by molar-refractivity contribution is -0.115. The summed E-state index contributed by atoms with van der Waals surface area (Å²) in [6.07, 6.45) is 0. The number of carbonyl (C=O) groups is 1. The van der Waals surface area contributed by atoms with Gasteiger partial charge in [-0.2, -0.15) is 5.26 Å². The smallest absolute Gasteiger partial charge is 0.178 e. The highest BCUT2D eigenvalue weighted by Gasteiger charge is 2.05. The second kappa shape index (κ2) is 2.59. The molecule has 0 aromatic carbocycles. The number of carbonyl (C=O) groups excluding carboxylic acids is 1. The topological polar surface area (TPSA) is 40.9 Å². The molecule has 0 unspecified atom stereocenters. The molecule has 38 valence electrons. The Kier molecular flexibility index (Phi) is 2.39. The standard InChI is InChI=1S/C4H4ClNO/c1-3(7)4(5)2-6/h4H,1H3/t4-/m1/s1. The third-order valence-corrected chi connectivity index (χ3v) is 0.875. The van der Waals surface area contributed by atoms with Gasteiger partial charge in [-0.1, -0.05) is 11.6 Å². The van der Waals surface area contributed by atoms with Crippen molar-refractivity contribution in [3.8, 4) is 6.07 Å². The van der Waals surface area contributed by atoms with Crippen LogP contribution < -0.4 is 0 Å². The van der Waals surface area contributed by atoms with Gasteiger partial charge in [0.15, 0.2) is 11.2 Å². The van der Waals surface area contributed by atoms with Crippen LogP contribution in [-0.4, -0.2) is 11.2 Å². The summed E-state index contributed by atoms with van der Waals surface area (Å²) in [5.74, 6) is -0.302. The SMILES string of the molecule is CC(=O)[C@H](Cl)C#N. The third kappa shape index (κ3) is 2.18. The summed E-state index contributed by atoms with van der Waals surface area (Å²) in [4.78, 5) is 10.0. The Morgan fingerprint density at radius 2 is 2.43 bits per heavy atom. The maximum absolute atomic E-state index is 10.0. The van der Waals surface area contributed by atoms with E-state index in [0.29, 0.717) is 0 Å². The Labute approximate surface area is 46.7 Å². The van der Waals surface area contributed by atoms with Gasteiger partial charge in [0.25, 0.3) is 0 Å². The number of hydrogen-bond acceptors (Lipinski definition) is 2. The molecule has 0 rings (SSSR count). The normalized spacial score (nSPS) is 12.1. The molecule has 7 heavy (non-hydrogen) atoms. The Morgan fingerprint density at radius 3 is 2.43 bits per heavy atom. The quantitative estimate of drug-likeness (QED) is 0.475. The largest absolute Gasteiger partial charge is 0.297 e. The molecule has 0 saturated heterocycles. The highest BCUT2D eigenvalue weighted by molar-refractivity contribution is 6.32. The third-order valence-electron chi connectivity index (χ3n) is 0.470. The predicted octanol–water partition coefficient (Wildman–Crippen LogP) is 0.706. The molecule has 0 aliphatic rings. The van der Waals surface area contributed by atoms with Crippen molar-refractivity contribution in [1.82, 2.24) is 0 Å². The van der Waals surface area contributed by atoms with Gasteiger partial charge in [-0.15, -0.1) is 0 Å². The molecule has 3 heteroatoms. The summed E-state index contributed by atoms with van der Waals surface area (Å²) in [7, 11) is 0. The molecule has 0 aromatic heterocycles. The molecule has 2 nitrogen and oxygen atoms in total. The molecule has 0 spiro atoms. The van der Waals surface area contributed by atoms with Crippen LogP contribution in [0.5, 0.6) is 0 Å². The van der Waals surface area contributed by atoms with Gasteiger partial charge >= 0.3 is 0 Å². The minimum absolute atomic E-state index is 0.302. The number of alkyl halides is 1. The number of rotatable bonds is 1. The van der Waals surface area contributed by atoms with Crippen LogP contribution in [-0.2, 0) is 4.79 Å². The fourth-order valence-corrected chi connectivity index (χ4v) is 0.0909. The first-order valence-electron chi connectivity index (χ1n) is 1.72. The molecule has 1 atom stereocenters. The second-order valence-electron chi connectivity index (χ2n) is 1.10. The summed E-state index contributed by atoms with van der Waals surface area (Å²) >= 11 is 5.09. The van der Waals surface area contributed by atoms with Gasteiger partial charge in [0, 0.05) is 0 Å². The fourth-order valence-electron chi connectivity index (χ4n) is 0.0909. The van der Waals surface area contributed by atoms with Crippen LogP contribution in [0.25, 0.3) is 0 Å². The van der Waals surface area contributed by atoms with Crippen molar-refractivity contribution in [2.24, 2.45) is 0 Å². The zero-order valence-corrected chi connectivity index (χ0v) is 4.57. The highest BCUT2D eigenvalue weighted by atomic mass is 35.5. The Morgan fingerprint density at radius 1 is 2.00 bits per heavy atom. The Hall–Kier alpha value is -0.550. The molecule has 0 heterocycles. The first kappa shape index (κ1) is 6.45. The molecule has 0 amide bonds. The molecular weight excluding hydrogens is 114 g/mol. The van der Waals surface area contributed by atoms with E-state index in [1.807, 2.05) is 0 Å². The van der Waals surface area contributed by atoms with Gasteiger partial charge in [-0.25, -0.2) is 0 Å². The summed E-state index contributed by atoms with van der Waals surface area (Å²) in [6.45, 7) is 1.28. The minimum atomic E-state index is -0.958. The molecule has 0 radical (unpaired) electrons. The van der Waals surface area contributed by atoms with Gasteiger partial charge in [-0.05, 0) is 6.92 Å². The average Bonchev–Trinajstić information content (AvgIpc) is 1.65. The summed E-state index contributed by atoms with van der Waals surface area (Å²) in [6, 6.07) is 1.58. The van der Waals surface area contributed by atoms with E-state index in [2.05, 4.69) is 0 Å². The molecule has 0 bridgehead atoms. The Balaban J connectivity index is 3.63. The van der Waals surface area contributed by atoms with Crippen molar-refractivity contribution < 1.29 is 4.79 Å². The van der Waals surface area contributed by atoms with Crippen molar-refractivity contribution in [1.29, 1.82) is 5.26 Å². The minimum Gasteiger partial charge on any atom is -0.297 e. The van der Waals surface area contributed by atoms with E-state index in [9.17, 15) is 4.79 Å². The monoisotopic (exact) mass is 117 g/mol. The molecule has 0 aliphatic carbocycles. The van der Waals surface area contributed by atoms with Crippen LogP contribution in [0.4, 0.5) is 0 Å². The van der Waals surface area contributed by atoms with Gasteiger partial charge in [0.2, 0.25) is 0 Å². The molecule has 0 aliphatic heterocycles. The van der Waals surface area contributed by atoms with Crippen LogP contribution >= 0.6 is 11.6 Å². The van der Waals surface area contributed by atoms with E-state index in [1.165, 1.54) is 6.92 Å². The highest BCUT2D eigenvalue weighted by Crippen LogP contribution is 1.91. The summed E-state index contributed by atoms with van der Waals surface area (Å²) in [5, 5.41) is 6.94. The van der Waals surface area contributed by atoms with E-state index in [-0.39, 0.29) is 5.78 Å². The van der Waals surface area contributed by atoms with Gasteiger partial charge in [0.05, 0.1) is 6.07 Å². The fraction of sp³-hybridized carbons (Fsp3) is 0.500. The lowest BCUT2D eigenvalue weighted by atomic mass is 10.3. The number of nitrogens with zero attached hydrogens (tertiary/aromatic N) is 1. The van der Waals surface area contributed by atoms with Crippen LogP contribution in [0, 0.1) is 11.3 Å². The van der Waals surface area contributed by atoms with Crippen molar-refractivity contribution in [2.45, 2.75) is 12.3 Å². The molecule has 0 aromatic rings. The van der Waals surface area contributed by atoms with Crippen LogP contribution in [0.1, 0.15) is 6.92 Å². The van der Waals surface area contributed by atoms with E-state index >= 15 is 0 Å². The van der Waals surface area contributed by atoms with Crippen LogP contribution in [0.15, 0.2) is 0 Å². The van der Waals surface area contributed by atoms with Crippen molar-refractivity contribution in [3.63, 3.8) is 0 Å². The number of hydrogen-bond donors (Lipinski definition) is 0. The first-order chi connectivity index (χ1) is 3.18. The molecule has 0 fully saturated rings. The van der Waals surface area contributed by atoms with E-state index in [0.717, 1.165) is 0 Å². The van der Waals surface area contributed by atoms with Crippen molar-refractivity contribution in [3.05, 3.63) is 0 Å². The van der Waals surface area contributed by atoms with E-state index < -0.39 is 5.38 Å². The maximum Gasteiger partial charge on any atom is 0.178 e. The summed E-state index contributed by atoms with van der Waals surface area (Å²) < 4.78 is 0. The lowest BCUT2D eigenvalue weighted by Gasteiger charge is -1.85. The summed E-state index contributed by atoms with van der Waals surface area (Å²) in [5.41, 5.74) is 0. The van der Waals surface area contributed by atoms with Gasteiger partial charge < -0.3 is 0 Å². The van der Waals surface area contributed by atoms with Gasteiger partial charge in [-0.3, -0.25) is 4.79 Å². The number of halogens is 1. The lowest BCUT2D eigenvalue weighted by Crippen LogP contribution is -2.05. The maximum atomic E-state index is 10.0. The Bertz CT molecular complexity index is 115. The number of Topliss-reactive ketones (excluding diaryl/α,β-unsaturated/α-hetero) is 1. The number of ketones is 1. The van der Waals surface area contributed by atoms with E-state index in [1.54, 1.807) is 6.07 Å². The first-order valence-corrected chi connectivity index (χ1v) is 2.16. The van der Waals surface area contributed by atoms with Crippen molar-refractivity contribution >= 4 is 17.4 Å². The van der Waals surface area contributed by atoms with Crippen LogP contribution in [0.2, 0.25) is 0 Å².